The zero-order valence-electron chi connectivity index (χ0n) is 9.64. The molecule has 0 saturated carbocycles. The molecule has 1 aromatic heterocycles. The number of ether oxygens (including phenoxy) is 1. The zero-order chi connectivity index (χ0) is 11.4. The fraction of sp³-hybridized carbons (Fsp3) is 0.545. The molecule has 1 heterocycles. The number of carbonyl (C=O) groups is 1. The lowest BCUT2D eigenvalue weighted by molar-refractivity contribution is 0.0601. The van der Waals surface area contributed by atoms with E-state index in [9.17, 15) is 4.79 Å². The highest BCUT2D eigenvalue weighted by Crippen LogP contribution is 2.32. The van der Waals surface area contributed by atoms with E-state index in [0.717, 1.165) is 28.4 Å². The molecule has 0 aliphatic heterocycles. The van der Waals surface area contributed by atoms with Crippen molar-refractivity contribution in [1.82, 2.24) is 0 Å². The predicted octanol–water partition coefficient (Wildman–Crippen LogP) is 2.97. The topological polar surface area (TPSA) is 38.3 Å². The fourth-order valence-electron chi connectivity index (χ4n) is 1.34. The minimum atomic E-state index is -0.254. The first-order valence-corrected chi connectivity index (χ1v) is 5.85. The Bertz CT molecular complexity index is 358. The smallest absolute Gasteiger partial charge is 0.341 e. The first-order valence-electron chi connectivity index (χ1n) is 5.04. The SMILES string of the molecule is CCCNc1sc(C)c(C)c1C(=O)OC. The Morgan fingerprint density at radius 3 is 2.67 bits per heavy atom. The summed E-state index contributed by atoms with van der Waals surface area (Å²) in [7, 11) is 1.42. The second-order valence-electron chi connectivity index (χ2n) is 3.41. The molecule has 4 heteroatoms. The van der Waals surface area contributed by atoms with E-state index < -0.39 is 0 Å². The molecule has 0 saturated heterocycles. The number of methoxy groups -OCH3 is 1. The molecule has 0 radical (unpaired) electrons. The van der Waals surface area contributed by atoms with Gasteiger partial charge in [-0.3, -0.25) is 0 Å². The third-order valence-corrected chi connectivity index (χ3v) is 3.48. The molecule has 0 spiro atoms. The lowest BCUT2D eigenvalue weighted by Gasteiger charge is -2.05. The van der Waals surface area contributed by atoms with Crippen molar-refractivity contribution in [3.63, 3.8) is 0 Å². The number of carbonyl (C=O) groups excluding carboxylic acids is 1. The summed E-state index contributed by atoms with van der Waals surface area (Å²) in [5, 5.41) is 4.19. The Morgan fingerprint density at radius 1 is 1.47 bits per heavy atom. The van der Waals surface area contributed by atoms with E-state index in [0.29, 0.717) is 5.56 Å². The average Bonchev–Trinajstić information content (AvgIpc) is 2.51. The van der Waals surface area contributed by atoms with Crippen LogP contribution < -0.4 is 5.32 Å². The third-order valence-electron chi connectivity index (χ3n) is 2.31. The summed E-state index contributed by atoms with van der Waals surface area (Å²) < 4.78 is 4.78. The summed E-state index contributed by atoms with van der Waals surface area (Å²) >= 11 is 1.61. The maximum Gasteiger partial charge on any atom is 0.341 e. The van der Waals surface area contributed by atoms with Crippen LogP contribution in [0.15, 0.2) is 0 Å². The molecule has 0 aromatic carbocycles. The van der Waals surface area contributed by atoms with Crippen molar-refractivity contribution in [2.45, 2.75) is 27.2 Å². The molecule has 1 N–H and O–H groups in total. The molecule has 84 valence electrons. The van der Waals surface area contributed by atoms with Crippen LogP contribution in [0.1, 0.15) is 34.1 Å². The van der Waals surface area contributed by atoms with E-state index in [-0.39, 0.29) is 5.97 Å². The molecule has 0 aliphatic carbocycles. The number of hydrogen-bond acceptors (Lipinski definition) is 4. The van der Waals surface area contributed by atoms with Crippen LogP contribution in [0.2, 0.25) is 0 Å². The Labute approximate surface area is 94.5 Å². The van der Waals surface area contributed by atoms with Crippen molar-refractivity contribution in [1.29, 1.82) is 0 Å². The maximum atomic E-state index is 11.6. The van der Waals surface area contributed by atoms with E-state index in [1.54, 1.807) is 11.3 Å². The maximum absolute atomic E-state index is 11.6. The summed E-state index contributed by atoms with van der Waals surface area (Å²) in [4.78, 5) is 12.7. The van der Waals surface area contributed by atoms with Gasteiger partial charge in [-0.1, -0.05) is 6.92 Å². The number of esters is 1. The minimum Gasteiger partial charge on any atom is -0.465 e. The van der Waals surface area contributed by atoms with Gasteiger partial charge < -0.3 is 10.1 Å². The quantitative estimate of drug-likeness (QED) is 0.804. The summed E-state index contributed by atoms with van der Waals surface area (Å²) in [5.74, 6) is -0.254. The van der Waals surface area contributed by atoms with Gasteiger partial charge in [0.05, 0.1) is 12.7 Å². The highest BCUT2D eigenvalue weighted by molar-refractivity contribution is 7.16. The summed E-state index contributed by atoms with van der Waals surface area (Å²) in [6.45, 7) is 6.94. The second-order valence-corrected chi connectivity index (χ2v) is 4.63. The number of nitrogens with one attached hydrogen (secondary N) is 1. The van der Waals surface area contributed by atoms with Crippen molar-refractivity contribution in [2.75, 3.05) is 19.0 Å². The molecule has 0 fully saturated rings. The molecule has 0 atom stereocenters. The number of rotatable bonds is 4. The lowest BCUT2D eigenvalue weighted by atomic mass is 10.1. The van der Waals surface area contributed by atoms with Crippen LogP contribution >= 0.6 is 11.3 Å². The van der Waals surface area contributed by atoms with Gasteiger partial charge in [-0.15, -0.1) is 11.3 Å². The van der Waals surface area contributed by atoms with Crippen LogP contribution in [0.3, 0.4) is 0 Å². The summed E-state index contributed by atoms with van der Waals surface area (Å²) in [6, 6.07) is 0. The van der Waals surface area contributed by atoms with E-state index in [1.165, 1.54) is 7.11 Å². The first-order chi connectivity index (χ1) is 7.11. The third kappa shape index (κ3) is 2.50. The van der Waals surface area contributed by atoms with Crippen molar-refractivity contribution in [3.8, 4) is 0 Å². The van der Waals surface area contributed by atoms with Gasteiger partial charge in [-0.05, 0) is 25.8 Å². The molecular formula is C11H17NO2S. The summed E-state index contributed by atoms with van der Waals surface area (Å²) in [5.41, 5.74) is 1.71. The van der Waals surface area contributed by atoms with Crippen molar-refractivity contribution >= 4 is 22.3 Å². The molecule has 1 rings (SSSR count). The number of aryl methyl sites for hydroxylation is 1. The number of hydrogen-bond donors (Lipinski definition) is 1. The van der Waals surface area contributed by atoms with Gasteiger partial charge in [-0.25, -0.2) is 4.79 Å². The molecule has 3 nitrogen and oxygen atoms in total. The van der Waals surface area contributed by atoms with Gasteiger partial charge in [0.25, 0.3) is 0 Å². The van der Waals surface area contributed by atoms with Gasteiger partial charge in [0.15, 0.2) is 0 Å². The second kappa shape index (κ2) is 5.16. The van der Waals surface area contributed by atoms with Crippen LogP contribution in [0.5, 0.6) is 0 Å². The Balaban J connectivity index is 3.03. The molecule has 0 unspecified atom stereocenters. The van der Waals surface area contributed by atoms with Crippen LogP contribution in [-0.2, 0) is 4.74 Å². The minimum absolute atomic E-state index is 0.254. The first kappa shape index (κ1) is 12.0. The molecule has 0 bridgehead atoms. The van der Waals surface area contributed by atoms with Gasteiger partial charge >= 0.3 is 5.97 Å². The van der Waals surface area contributed by atoms with Gasteiger partial charge in [0.2, 0.25) is 0 Å². The number of thiophene rings is 1. The Kier molecular flexibility index (Phi) is 4.15. The monoisotopic (exact) mass is 227 g/mol. The Morgan fingerprint density at radius 2 is 2.13 bits per heavy atom. The largest absolute Gasteiger partial charge is 0.465 e. The van der Waals surface area contributed by atoms with Gasteiger partial charge in [0.1, 0.15) is 5.00 Å². The van der Waals surface area contributed by atoms with E-state index in [4.69, 9.17) is 4.74 Å². The van der Waals surface area contributed by atoms with Crippen LogP contribution in [0.25, 0.3) is 0 Å². The fourth-order valence-corrected chi connectivity index (χ4v) is 2.41. The lowest BCUT2D eigenvalue weighted by Crippen LogP contribution is -2.07. The van der Waals surface area contributed by atoms with Crippen LogP contribution in [-0.4, -0.2) is 19.6 Å². The molecule has 0 aliphatic rings. The van der Waals surface area contributed by atoms with Crippen LogP contribution in [0.4, 0.5) is 5.00 Å². The van der Waals surface area contributed by atoms with Crippen molar-refractivity contribution in [3.05, 3.63) is 16.0 Å². The van der Waals surface area contributed by atoms with E-state index in [1.807, 2.05) is 13.8 Å². The van der Waals surface area contributed by atoms with Crippen molar-refractivity contribution < 1.29 is 9.53 Å². The van der Waals surface area contributed by atoms with Crippen LogP contribution in [0, 0.1) is 13.8 Å². The van der Waals surface area contributed by atoms with Gasteiger partial charge in [-0.2, -0.15) is 0 Å². The predicted molar refractivity (Wildman–Crippen MR) is 63.9 cm³/mol. The summed E-state index contributed by atoms with van der Waals surface area (Å²) in [6.07, 6.45) is 1.04. The van der Waals surface area contributed by atoms with E-state index >= 15 is 0 Å². The zero-order valence-corrected chi connectivity index (χ0v) is 10.5. The highest BCUT2D eigenvalue weighted by atomic mass is 32.1. The average molecular weight is 227 g/mol. The standard InChI is InChI=1S/C11H17NO2S/c1-5-6-12-10-9(11(13)14-4)7(2)8(3)15-10/h12H,5-6H2,1-4H3. The van der Waals surface area contributed by atoms with Gasteiger partial charge in [0, 0.05) is 11.4 Å². The molecule has 1 aromatic rings. The van der Waals surface area contributed by atoms with Crippen molar-refractivity contribution in [2.24, 2.45) is 0 Å². The number of anilines is 1. The molecule has 0 amide bonds. The molecule has 15 heavy (non-hydrogen) atoms. The normalized spacial score (nSPS) is 10.1. The highest BCUT2D eigenvalue weighted by Gasteiger charge is 2.19. The molecular weight excluding hydrogens is 210 g/mol. The van der Waals surface area contributed by atoms with E-state index in [2.05, 4.69) is 12.2 Å². The Hall–Kier alpha value is -1.03.